The number of carbonyl (C=O) groups excluding carboxylic acids is 3. The van der Waals surface area contributed by atoms with Crippen molar-refractivity contribution in [1.29, 1.82) is 0 Å². The van der Waals surface area contributed by atoms with E-state index in [2.05, 4.69) is 20.9 Å². The second-order valence-electron chi connectivity index (χ2n) is 15.0. The summed E-state index contributed by atoms with van der Waals surface area (Å²) >= 11 is 0. The first-order valence-corrected chi connectivity index (χ1v) is 22.4. The molecule has 21 heteroatoms. The summed E-state index contributed by atoms with van der Waals surface area (Å²) in [7, 11) is 0. The van der Waals surface area contributed by atoms with Crippen molar-refractivity contribution in [3.8, 4) is 0 Å². The van der Waals surface area contributed by atoms with E-state index < -0.39 is 11.7 Å². The highest BCUT2D eigenvalue weighted by atomic mass is 16.7. The molecule has 0 unspecified atom stereocenters. The third-order valence-electron chi connectivity index (χ3n) is 8.26. The molecule has 0 saturated carbocycles. The first-order chi connectivity index (χ1) is 31.6. The van der Waals surface area contributed by atoms with Crippen LogP contribution in [0.1, 0.15) is 46.1 Å². The van der Waals surface area contributed by atoms with Gasteiger partial charge in [0.05, 0.1) is 144 Å². The quantitative estimate of drug-likeness (QED) is 0.0547. The Bertz CT molecular complexity index is 1470. The number of nitrogens with zero attached hydrogens (tertiary/aromatic N) is 2. The lowest BCUT2D eigenvalue weighted by Gasteiger charge is -2.22. The van der Waals surface area contributed by atoms with Gasteiger partial charge in [-0.05, 0) is 39.3 Å². The fourth-order valence-electron chi connectivity index (χ4n) is 5.31. The minimum Gasteiger partial charge on any atom is -0.444 e. The van der Waals surface area contributed by atoms with Crippen molar-refractivity contribution in [2.75, 3.05) is 165 Å². The van der Waals surface area contributed by atoms with Crippen LogP contribution in [0.25, 0.3) is 6.08 Å². The number of hydroxylamine groups is 2. The highest BCUT2D eigenvalue weighted by Gasteiger charge is 2.22. The Morgan fingerprint density at radius 2 is 1.00 bits per heavy atom. The summed E-state index contributed by atoms with van der Waals surface area (Å²) < 4.78 is 59.9. The van der Waals surface area contributed by atoms with E-state index in [9.17, 15) is 14.4 Å². The molecule has 0 saturated heterocycles. The standard InChI is InChI=1S/C44H76N6O15/c1-5-13-50(41(51)38-35-37-8-6-7-9-39(37)49-40(45)36-38)64-16-12-47-42(52)46-10-14-54-17-19-56-21-23-58-25-27-60-29-31-62-33-34-63-32-30-61-28-26-59-24-22-57-20-18-55-15-11-48-43(53)65-44(2,3)4/h6-9,35H,5,10-34,36H2,1-4H3,(H2,45,49)(H,48,53)(H2,46,47,52). The van der Waals surface area contributed by atoms with Gasteiger partial charge < -0.3 is 73.8 Å². The number of urea groups is 1. The average Bonchev–Trinajstić information content (AvgIpc) is 3.44. The molecule has 1 aliphatic rings. The molecule has 0 radical (unpaired) electrons. The first kappa shape index (κ1) is 57.1. The largest absolute Gasteiger partial charge is 0.444 e. The number of amidine groups is 1. The SMILES string of the molecule is CCCN(OCCNC(=O)NCCOCCOCCOCCOCCOCCOCCOCCOCCOCCOCCNC(=O)OC(C)(C)C)C(=O)C1=Cc2ccccc2N=C(N)C1. The molecule has 1 heterocycles. The fraction of sp³-hybridized carbons (Fsp3) is 0.727. The predicted molar refractivity (Wildman–Crippen MR) is 242 cm³/mol. The van der Waals surface area contributed by atoms with Crippen molar-refractivity contribution in [2.24, 2.45) is 10.7 Å². The third kappa shape index (κ3) is 32.3. The third-order valence-corrected chi connectivity index (χ3v) is 8.26. The van der Waals surface area contributed by atoms with Crippen LogP contribution in [0.4, 0.5) is 15.3 Å². The Kier molecular flexibility index (Phi) is 33.5. The maximum atomic E-state index is 13.3. The minimum atomic E-state index is -0.523. The zero-order valence-electron chi connectivity index (χ0n) is 39.1. The molecule has 65 heavy (non-hydrogen) atoms. The van der Waals surface area contributed by atoms with Gasteiger partial charge in [0.15, 0.2) is 0 Å². The predicted octanol–water partition coefficient (Wildman–Crippen LogP) is 2.62. The summed E-state index contributed by atoms with van der Waals surface area (Å²) in [4.78, 5) is 47.1. The van der Waals surface area contributed by atoms with E-state index >= 15 is 0 Å². The lowest BCUT2D eigenvalue weighted by Crippen LogP contribution is -2.41. The van der Waals surface area contributed by atoms with Gasteiger partial charge in [0.25, 0.3) is 5.91 Å². The van der Waals surface area contributed by atoms with Gasteiger partial charge in [0.1, 0.15) is 11.4 Å². The zero-order chi connectivity index (χ0) is 47.1. The van der Waals surface area contributed by atoms with Gasteiger partial charge in [0, 0.05) is 43.7 Å². The molecule has 5 N–H and O–H groups in total. The number of nitrogens with two attached hydrogens (primary N) is 1. The summed E-state index contributed by atoms with van der Waals surface area (Å²) in [5.41, 5.74) is 7.56. The van der Waals surface area contributed by atoms with Gasteiger partial charge in [-0.1, -0.05) is 25.1 Å². The second kappa shape index (κ2) is 38.1. The van der Waals surface area contributed by atoms with E-state index in [0.717, 1.165) is 5.56 Å². The molecule has 1 aliphatic heterocycles. The number of hydrogen-bond acceptors (Lipinski definition) is 17. The monoisotopic (exact) mass is 929 g/mol. The maximum absolute atomic E-state index is 13.3. The molecule has 2 rings (SSSR count). The number of para-hydroxylation sites is 1. The van der Waals surface area contributed by atoms with E-state index in [4.69, 9.17) is 62.7 Å². The lowest BCUT2D eigenvalue weighted by atomic mass is 10.1. The van der Waals surface area contributed by atoms with E-state index in [0.29, 0.717) is 175 Å². The van der Waals surface area contributed by atoms with E-state index in [1.807, 2.05) is 52.0 Å². The van der Waals surface area contributed by atoms with Gasteiger partial charge >= 0.3 is 12.1 Å². The van der Waals surface area contributed by atoms with E-state index in [1.165, 1.54) is 5.06 Å². The summed E-state index contributed by atoms with van der Waals surface area (Å²) in [6, 6.07) is 7.12. The molecule has 0 aliphatic carbocycles. The number of carbonyl (C=O) groups is 3. The van der Waals surface area contributed by atoms with Crippen LogP contribution >= 0.6 is 0 Å². The smallest absolute Gasteiger partial charge is 0.407 e. The van der Waals surface area contributed by atoms with E-state index in [1.54, 1.807) is 6.08 Å². The first-order valence-electron chi connectivity index (χ1n) is 22.4. The van der Waals surface area contributed by atoms with E-state index in [-0.39, 0.29) is 31.5 Å². The van der Waals surface area contributed by atoms with Crippen LogP contribution < -0.4 is 21.7 Å². The zero-order valence-corrected chi connectivity index (χ0v) is 39.1. The van der Waals surface area contributed by atoms with Gasteiger partial charge in [-0.2, -0.15) is 0 Å². The molecule has 0 bridgehead atoms. The molecule has 0 atom stereocenters. The molecule has 1 aromatic rings. The Hall–Kier alpha value is -4.00. The summed E-state index contributed by atoms with van der Waals surface area (Å²) in [6.07, 6.45) is 2.24. The molecule has 1 aromatic carbocycles. The number of hydrogen-bond donors (Lipinski definition) is 4. The molecule has 21 nitrogen and oxygen atoms in total. The van der Waals surface area contributed by atoms with Crippen molar-refractivity contribution in [1.82, 2.24) is 21.0 Å². The number of rotatable bonds is 40. The summed E-state index contributed by atoms with van der Waals surface area (Å²) in [5.74, 6) is 0.0670. The average molecular weight is 929 g/mol. The van der Waals surface area contributed by atoms with Crippen molar-refractivity contribution in [3.05, 3.63) is 35.4 Å². The highest BCUT2D eigenvalue weighted by Crippen LogP contribution is 2.26. The van der Waals surface area contributed by atoms with Gasteiger partial charge in [-0.25, -0.2) is 19.6 Å². The van der Waals surface area contributed by atoms with Crippen molar-refractivity contribution in [3.63, 3.8) is 0 Å². The van der Waals surface area contributed by atoms with Crippen LogP contribution in [-0.2, 0) is 61.7 Å². The Morgan fingerprint density at radius 1 is 0.600 bits per heavy atom. The molecular formula is C44H76N6O15. The number of amides is 4. The van der Waals surface area contributed by atoms with Gasteiger partial charge in [0.2, 0.25) is 0 Å². The van der Waals surface area contributed by atoms with Crippen molar-refractivity contribution in [2.45, 2.75) is 46.1 Å². The Morgan fingerprint density at radius 3 is 1.43 bits per heavy atom. The van der Waals surface area contributed by atoms with Crippen molar-refractivity contribution < 1.29 is 71.3 Å². The highest BCUT2D eigenvalue weighted by molar-refractivity contribution is 6.05. The molecule has 372 valence electrons. The fourth-order valence-corrected chi connectivity index (χ4v) is 5.31. The van der Waals surface area contributed by atoms with Gasteiger partial charge in [-0.3, -0.25) is 9.63 Å². The number of ether oxygens (including phenoxy) is 11. The Labute approximate surface area is 384 Å². The maximum Gasteiger partial charge on any atom is 0.407 e. The molecule has 0 fully saturated rings. The molecular weight excluding hydrogens is 853 g/mol. The molecule has 4 amide bonds. The van der Waals surface area contributed by atoms with Gasteiger partial charge in [-0.15, -0.1) is 0 Å². The van der Waals surface area contributed by atoms with Crippen LogP contribution in [0.15, 0.2) is 34.8 Å². The van der Waals surface area contributed by atoms with Crippen LogP contribution in [0.3, 0.4) is 0 Å². The number of alkyl carbamates (subject to hydrolysis) is 1. The summed E-state index contributed by atoms with van der Waals surface area (Å²) in [5, 5.41) is 9.36. The number of aliphatic imine (C=N–C) groups is 1. The topological polar surface area (TPSA) is 240 Å². The minimum absolute atomic E-state index is 0.112. The number of fused-ring (bicyclic) bond motifs is 1. The lowest BCUT2D eigenvalue weighted by molar-refractivity contribution is -0.181. The number of nitrogens with one attached hydrogen (secondary N) is 3. The van der Waals surface area contributed by atoms with Crippen molar-refractivity contribution >= 4 is 35.6 Å². The normalized spacial score (nSPS) is 12.5. The molecule has 0 aromatic heterocycles. The van der Waals surface area contributed by atoms with Crippen LogP contribution in [0.2, 0.25) is 0 Å². The summed E-state index contributed by atoms with van der Waals surface area (Å²) in [6.45, 7) is 17.5. The van der Waals surface area contributed by atoms with Crippen LogP contribution in [-0.4, -0.2) is 199 Å². The second-order valence-corrected chi connectivity index (χ2v) is 15.0. The molecule has 0 spiro atoms. The number of benzene rings is 1. The van der Waals surface area contributed by atoms with Crippen LogP contribution in [0.5, 0.6) is 0 Å². The van der Waals surface area contributed by atoms with Crippen LogP contribution in [0, 0.1) is 0 Å². The Balaban J connectivity index is 1.25.